The van der Waals surface area contributed by atoms with Crippen LogP contribution in [0, 0.1) is 5.82 Å². The smallest absolute Gasteiger partial charge is 0.123 e. The first-order valence-electron chi connectivity index (χ1n) is 9.33. The molecule has 2 fully saturated rings. The average Bonchev–Trinajstić information content (AvgIpc) is 2.61. The van der Waals surface area contributed by atoms with Crippen molar-refractivity contribution in [3.05, 3.63) is 35.6 Å². The van der Waals surface area contributed by atoms with E-state index in [-0.39, 0.29) is 5.82 Å². The van der Waals surface area contributed by atoms with Crippen molar-refractivity contribution in [3.8, 4) is 0 Å². The Hall–Kier alpha value is -1.01. The highest BCUT2D eigenvalue weighted by molar-refractivity contribution is 5.21. The Balaban J connectivity index is 1.71. The summed E-state index contributed by atoms with van der Waals surface area (Å²) in [6, 6.07) is 8.00. The van der Waals surface area contributed by atoms with Gasteiger partial charge in [-0.1, -0.05) is 19.1 Å². The number of nitrogens with zero attached hydrogens (tertiary/aromatic N) is 3. The molecule has 0 spiro atoms. The van der Waals surface area contributed by atoms with Crippen LogP contribution in [-0.4, -0.2) is 79.6 Å². The molecule has 24 heavy (non-hydrogen) atoms. The molecule has 1 N–H and O–H groups in total. The zero-order valence-corrected chi connectivity index (χ0v) is 15.0. The number of hydrogen-bond acceptors (Lipinski definition) is 4. The minimum atomic E-state index is -0.150. The van der Waals surface area contributed by atoms with Gasteiger partial charge in [0.15, 0.2) is 0 Å². The van der Waals surface area contributed by atoms with Crippen LogP contribution < -0.4 is 5.32 Å². The molecule has 2 unspecified atom stereocenters. The summed E-state index contributed by atoms with van der Waals surface area (Å²) in [6.45, 7) is 14.4. The third-order valence-corrected chi connectivity index (χ3v) is 5.44. The standard InChI is InChI=1S/C19H31FN4/c1-3-22-10-12-23(13-11-22)15-19(17-4-6-18(20)7-5-17)24-9-8-21-16(2)14-24/h4-7,16,19,21H,3,8-15H2,1-2H3. The Kier molecular flexibility index (Phi) is 6.22. The quantitative estimate of drug-likeness (QED) is 0.886. The molecule has 2 heterocycles. The van der Waals surface area contributed by atoms with E-state index < -0.39 is 0 Å². The van der Waals surface area contributed by atoms with Crippen molar-refractivity contribution in [3.63, 3.8) is 0 Å². The van der Waals surface area contributed by atoms with Gasteiger partial charge < -0.3 is 10.2 Å². The highest BCUT2D eigenvalue weighted by atomic mass is 19.1. The molecule has 0 saturated carbocycles. The predicted octanol–water partition coefficient (Wildman–Crippen LogP) is 1.80. The van der Waals surface area contributed by atoms with Crippen LogP contribution in [0.5, 0.6) is 0 Å². The first-order chi connectivity index (χ1) is 11.7. The van der Waals surface area contributed by atoms with Crippen molar-refractivity contribution in [2.75, 3.05) is 58.9 Å². The molecule has 2 saturated heterocycles. The van der Waals surface area contributed by atoms with Crippen molar-refractivity contribution >= 4 is 0 Å². The summed E-state index contributed by atoms with van der Waals surface area (Å²) in [5.74, 6) is -0.150. The lowest BCUT2D eigenvalue weighted by Crippen LogP contribution is -2.54. The Morgan fingerprint density at radius 1 is 1.08 bits per heavy atom. The molecule has 4 nitrogen and oxygen atoms in total. The van der Waals surface area contributed by atoms with Crippen molar-refractivity contribution in [1.29, 1.82) is 0 Å². The maximum Gasteiger partial charge on any atom is 0.123 e. The normalized spacial score (nSPS) is 25.7. The molecule has 2 aliphatic rings. The van der Waals surface area contributed by atoms with Gasteiger partial charge in [-0.15, -0.1) is 0 Å². The van der Waals surface area contributed by atoms with Crippen LogP contribution in [0.2, 0.25) is 0 Å². The summed E-state index contributed by atoms with van der Waals surface area (Å²) in [6.07, 6.45) is 0. The highest BCUT2D eigenvalue weighted by Gasteiger charge is 2.28. The summed E-state index contributed by atoms with van der Waals surface area (Å²) in [5.41, 5.74) is 1.24. The predicted molar refractivity (Wildman–Crippen MR) is 96.7 cm³/mol. The van der Waals surface area contributed by atoms with Crippen LogP contribution in [0.15, 0.2) is 24.3 Å². The van der Waals surface area contributed by atoms with E-state index in [4.69, 9.17) is 0 Å². The average molecular weight is 334 g/mol. The molecule has 0 aromatic heterocycles. The van der Waals surface area contributed by atoms with Gasteiger partial charge in [0.2, 0.25) is 0 Å². The minimum Gasteiger partial charge on any atom is -0.312 e. The van der Waals surface area contributed by atoms with Gasteiger partial charge in [0.25, 0.3) is 0 Å². The molecule has 0 radical (unpaired) electrons. The zero-order valence-electron chi connectivity index (χ0n) is 15.0. The molecule has 3 rings (SSSR count). The fourth-order valence-corrected chi connectivity index (χ4v) is 3.89. The summed E-state index contributed by atoms with van der Waals surface area (Å²) in [4.78, 5) is 7.66. The Bertz CT molecular complexity index is 499. The van der Waals surface area contributed by atoms with E-state index in [1.165, 1.54) is 5.56 Å². The molecule has 2 aliphatic heterocycles. The van der Waals surface area contributed by atoms with Crippen LogP contribution in [0.4, 0.5) is 4.39 Å². The second kappa shape index (κ2) is 8.39. The zero-order chi connectivity index (χ0) is 16.9. The van der Waals surface area contributed by atoms with E-state index >= 15 is 0 Å². The van der Waals surface area contributed by atoms with Gasteiger partial charge in [0.1, 0.15) is 5.82 Å². The highest BCUT2D eigenvalue weighted by Crippen LogP contribution is 2.24. The van der Waals surface area contributed by atoms with Crippen molar-refractivity contribution in [1.82, 2.24) is 20.0 Å². The summed E-state index contributed by atoms with van der Waals surface area (Å²) >= 11 is 0. The Morgan fingerprint density at radius 2 is 1.75 bits per heavy atom. The lowest BCUT2D eigenvalue weighted by Gasteiger charge is -2.42. The topological polar surface area (TPSA) is 21.8 Å². The van der Waals surface area contributed by atoms with Gasteiger partial charge in [-0.25, -0.2) is 4.39 Å². The Labute approximate surface area is 145 Å². The van der Waals surface area contributed by atoms with E-state index in [1.54, 1.807) is 12.1 Å². The SMILES string of the molecule is CCN1CCN(CC(c2ccc(F)cc2)N2CCNC(C)C2)CC1. The van der Waals surface area contributed by atoms with Crippen molar-refractivity contribution < 1.29 is 4.39 Å². The van der Waals surface area contributed by atoms with Gasteiger partial charge in [-0.3, -0.25) is 9.80 Å². The minimum absolute atomic E-state index is 0.150. The maximum atomic E-state index is 13.4. The van der Waals surface area contributed by atoms with Gasteiger partial charge in [-0.2, -0.15) is 0 Å². The van der Waals surface area contributed by atoms with E-state index in [1.807, 2.05) is 12.1 Å². The fourth-order valence-electron chi connectivity index (χ4n) is 3.89. The van der Waals surface area contributed by atoms with E-state index in [9.17, 15) is 4.39 Å². The van der Waals surface area contributed by atoms with Gasteiger partial charge >= 0.3 is 0 Å². The third-order valence-electron chi connectivity index (χ3n) is 5.44. The lowest BCUT2D eigenvalue weighted by molar-refractivity contribution is 0.0780. The maximum absolute atomic E-state index is 13.4. The molecule has 2 atom stereocenters. The monoisotopic (exact) mass is 334 g/mol. The number of benzene rings is 1. The molecule has 134 valence electrons. The number of piperazine rings is 2. The van der Waals surface area contributed by atoms with Gasteiger partial charge in [-0.05, 0) is 31.2 Å². The van der Waals surface area contributed by atoms with E-state index in [0.29, 0.717) is 12.1 Å². The van der Waals surface area contributed by atoms with Crippen molar-refractivity contribution in [2.24, 2.45) is 0 Å². The fraction of sp³-hybridized carbons (Fsp3) is 0.684. The molecule has 0 amide bonds. The van der Waals surface area contributed by atoms with Crippen molar-refractivity contribution in [2.45, 2.75) is 25.9 Å². The van der Waals surface area contributed by atoms with Gasteiger partial charge in [0.05, 0.1) is 0 Å². The number of halogens is 1. The number of likely N-dealkylation sites (N-methyl/N-ethyl adjacent to an activating group) is 1. The largest absolute Gasteiger partial charge is 0.312 e. The van der Waals surface area contributed by atoms with Crippen LogP contribution in [0.1, 0.15) is 25.5 Å². The second-order valence-electron chi connectivity index (χ2n) is 7.15. The van der Waals surface area contributed by atoms with Crippen LogP contribution >= 0.6 is 0 Å². The molecular weight excluding hydrogens is 303 g/mol. The van der Waals surface area contributed by atoms with E-state index in [2.05, 4.69) is 33.9 Å². The van der Waals surface area contributed by atoms with Crippen LogP contribution in [-0.2, 0) is 0 Å². The summed E-state index contributed by atoms with van der Waals surface area (Å²) in [7, 11) is 0. The van der Waals surface area contributed by atoms with Gasteiger partial charge in [0, 0.05) is 64.4 Å². The number of rotatable bonds is 5. The summed E-state index contributed by atoms with van der Waals surface area (Å²) in [5, 5.41) is 3.52. The summed E-state index contributed by atoms with van der Waals surface area (Å²) < 4.78 is 13.4. The first kappa shape index (κ1) is 17.8. The third kappa shape index (κ3) is 4.54. The molecule has 1 aromatic carbocycles. The first-order valence-corrected chi connectivity index (χ1v) is 9.33. The number of nitrogens with one attached hydrogen (secondary N) is 1. The van der Waals surface area contributed by atoms with E-state index in [0.717, 1.165) is 58.9 Å². The molecule has 0 aliphatic carbocycles. The Morgan fingerprint density at radius 3 is 2.38 bits per heavy atom. The van der Waals surface area contributed by atoms with Crippen LogP contribution in [0.3, 0.4) is 0 Å². The molecule has 1 aromatic rings. The van der Waals surface area contributed by atoms with Crippen LogP contribution in [0.25, 0.3) is 0 Å². The molecular formula is C19H31FN4. The number of hydrogen-bond donors (Lipinski definition) is 1. The molecule has 0 bridgehead atoms. The lowest BCUT2D eigenvalue weighted by atomic mass is 10.0. The second-order valence-corrected chi connectivity index (χ2v) is 7.15. The molecule has 5 heteroatoms.